The quantitative estimate of drug-likeness (QED) is 0.571. The van der Waals surface area contributed by atoms with Crippen LogP contribution in [0.15, 0.2) is 48.8 Å². The number of pyridine rings is 1. The van der Waals surface area contributed by atoms with Crippen molar-refractivity contribution in [1.82, 2.24) is 20.5 Å². The highest BCUT2D eigenvalue weighted by atomic mass is 35.5. The lowest BCUT2D eigenvalue weighted by atomic mass is 10.0. The van der Waals surface area contributed by atoms with E-state index in [0.717, 1.165) is 22.4 Å². The molecule has 7 nitrogen and oxygen atoms in total. The van der Waals surface area contributed by atoms with E-state index in [1.165, 1.54) is 0 Å². The van der Waals surface area contributed by atoms with Gasteiger partial charge in [-0.3, -0.25) is 4.98 Å². The summed E-state index contributed by atoms with van der Waals surface area (Å²) < 4.78 is 11.1. The first-order chi connectivity index (χ1) is 13.8. The molecule has 8 heteroatoms. The molecule has 0 aliphatic rings. The number of H-pyrrole nitrogens is 1. The van der Waals surface area contributed by atoms with Crippen LogP contribution in [0.2, 0.25) is 5.02 Å². The molecule has 0 spiro atoms. The number of hydrogen-bond acceptors (Lipinski definition) is 5. The van der Waals surface area contributed by atoms with Gasteiger partial charge in [-0.15, -0.1) is 0 Å². The molecule has 0 radical (unpaired) electrons. The van der Waals surface area contributed by atoms with E-state index in [1.54, 1.807) is 12.4 Å². The highest BCUT2D eigenvalue weighted by Gasteiger charge is 2.19. The summed E-state index contributed by atoms with van der Waals surface area (Å²) in [6.45, 7) is 5.98. The molecule has 2 heterocycles. The Morgan fingerprint density at radius 1 is 1.10 bits per heavy atom. The van der Waals surface area contributed by atoms with Crippen LogP contribution in [-0.4, -0.2) is 40.0 Å². The van der Waals surface area contributed by atoms with E-state index in [4.69, 9.17) is 21.1 Å². The molecular weight excluding hydrogens is 392 g/mol. The fourth-order valence-electron chi connectivity index (χ4n) is 2.65. The number of amides is 1. The fraction of sp³-hybridized carbons (Fsp3) is 0.286. The summed E-state index contributed by atoms with van der Waals surface area (Å²) in [5.74, 6) is 0.507. The number of alkyl carbamates (subject to hydrolysis) is 1. The number of ether oxygens (including phenoxy) is 2. The van der Waals surface area contributed by atoms with Crippen LogP contribution in [0.25, 0.3) is 22.4 Å². The molecule has 2 aromatic heterocycles. The molecule has 2 N–H and O–H groups in total. The molecular formula is C21H23ClN4O3. The van der Waals surface area contributed by atoms with Crippen molar-refractivity contribution in [2.45, 2.75) is 26.4 Å². The number of nitrogens with zero attached hydrogens (tertiary/aromatic N) is 2. The summed E-state index contributed by atoms with van der Waals surface area (Å²) in [6.07, 6.45) is 2.94. The van der Waals surface area contributed by atoms with E-state index >= 15 is 0 Å². The number of aromatic amines is 1. The molecule has 29 heavy (non-hydrogen) atoms. The maximum Gasteiger partial charge on any atom is 0.407 e. The van der Waals surface area contributed by atoms with Gasteiger partial charge in [0.25, 0.3) is 0 Å². The lowest BCUT2D eigenvalue weighted by Gasteiger charge is -2.19. The normalized spacial score (nSPS) is 11.2. The SMILES string of the molecule is CC(C)(C)OC(=O)NCCOc1[nH]nc(-c2ccc(Cl)cc2)c1-c1ccncc1. The minimum Gasteiger partial charge on any atom is -0.476 e. The lowest BCUT2D eigenvalue weighted by Crippen LogP contribution is -2.34. The van der Waals surface area contributed by atoms with Crippen LogP contribution >= 0.6 is 11.6 Å². The molecule has 3 aromatic rings. The van der Waals surface area contributed by atoms with Crippen molar-refractivity contribution in [3.63, 3.8) is 0 Å². The second-order valence-electron chi connectivity index (χ2n) is 7.30. The zero-order valence-corrected chi connectivity index (χ0v) is 17.3. The minimum absolute atomic E-state index is 0.250. The molecule has 0 bridgehead atoms. The Morgan fingerprint density at radius 3 is 2.45 bits per heavy atom. The van der Waals surface area contributed by atoms with Crippen LogP contribution in [0.1, 0.15) is 20.8 Å². The van der Waals surface area contributed by atoms with Gasteiger partial charge in [-0.1, -0.05) is 23.7 Å². The van der Waals surface area contributed by atoms with Crippen LogP contribution < -0.4 is 10.1 Å². The molecule has 1 aromatic carbocycles. The maximum atomic E-state index is 11.7. The highest BCUT2D eigenvalue weighted by molar-refractivity contribution is 6.30. The summed E-state index contributed by atoms with van der Waals surface area (Å²) >= 11 is 6.01. The van der Waals surface area contributed by atoms with Crippen LogP contribution in [0, 0.1) is 0 Å². The topological polar surface area (TPSA) is 89.1 Å². The van der Waals surface area contributed by atoms with E-state index in [-0.39, 0.29) is 6.61 Å². The predicted octanol–water partition coefficient (Wildman–Crippen LogP) is 4.70. The van der Waals surface area contributed by atoms with Crippen molar-refractivity contribution in [1.29, 1.82) is 0 Å². The number of carbonyl (C=O) groups is 1. The van der Waals surface area contributed by atoms with E-state index in [0.29, 0.717) is 17.4 Å². The van der Waals surface area contributed by atoms with E-state index < -0.39 is 11.7 Å². The van der Waals surface area contributed by atoms with Crippen LogP contribution in [-0.2, 0) is 4.74 Å². The Balaban J connectivity index is 1.75. The van der Waals surface area contributed by atoms with Gasteiger partial charge in [-0.2, -0.15) is 5.10 Å². The third-order valence-corrected chi connectivity index (χ3v) is 4.09. The Bertz CT molecular complexity index is 950. The highest BCUT2D eigenvalue weighted by Crippen LogP contribution is 2.37. The number of halogens is 1. The summed E-state index contributed by atoms with van der Waals surface area (Å²) in [4.78, 5) is 15.8. The Morgan fingerprint density at radius 2 is 1.79 bits per heavy atom. The van der Waals surface area contributed by atoms with Crippen LogP contribution in [0.5, 0.6) is 5.88 Å². The van der Waals surface area contributed by atoms with Gasteiger partial charge in [0.2, 0.25) is 5.88 Å². The molecule has 0 fully saturated rings. The van der Waals surface area contributed by atoms with Gasteiger partial charge in [0.1, 0.15) is 17.9 Å². The summed E-state index contributed by atoms with van der Waals surface area (Å²) in [5.41, 5.74) is 2.82. The number of nitrogens with one attached hydrogen (secondary N) is 2. The number of aromatic nitrogens is 3. The van der Waals surface area contributed by atoms with Gasteiger partial charge in [0.05, 0.1) is 12.1 Å². The van der Waals surface area contributed by atoms with Crippen LogP contribution in [0.3, 0.4) is 0 Å². The fourth-order valence-corrected chi connectivity index (χ4v) is 2.78. The third-order valence-electron chi connectivity index (χ3n) is 3.84. The van der Waals surface area contributed by atoms with Crippen LogP contribution in [0.4, 0.5) is 4.79 Å². The first-order valence-corrected chi connectivity index (χ1v) is 9.55. The van der Waals surface area contributed by atoms with E-state index in [9.17, 15) is 4.79 Å². The first kappa shape index (κ1) is 20.7. The third kappa shape index (κ3) is 5.71. The Hall–Kier alpha value is -3.06. The maximum absolute atomic E-state index is 11.7. The van der Waals surface area contributed by atoms with Gasteiger partial charge in [0, 0.05) is 23.0 Å². The molecule has 0 saturated heterocycles. The largest absolute Gasteiger partial charge is 0.476 e. The second-order valence-corrected chi connectivity index (χ2v) is 7.73. The molecule has 0 aliphatic heterocycles. The molecule has 0 atom stereocenters. The minimum atomic E-state index is -0.545. The summed E-state index contributed by atoms with van der Waals surface area (Å²) in [7, 11) is 0. The average Bonchev–Trinajstić information content (AvgIpc) is 3.09. The monoisotopic (exact) mass is 414 g/mol. The van der Waals surface area contributed by atoms with Gasteiger partial charge in [-0.25, -0.2) is 9.89 Å². The molecule has 0 aliphatic carbocycles. The van der Waals surface area contributed by atoms with E-state index in [1.807, 2.05) is 57.2 Å². The number of rotatable bonds is 6. The van der Waals surface area contributed by atoms with Gasteiger partial charge >= 0.3 is 6.09 Å². The Kier molecular flexibility index (Phi) is 6.39. The molecule has 1 amide bonds. The summed E-state index contributed by atoms with van der Waals surface area (Å²) in [5, 5.41) is 10.7. The zero-order valence-electron chi connectivity index (χ0n) is 16.5. The van der Waals surface area contributed by atoms with Gasteiger partial charge in [0.15, 0.2) is 0 Å². The number of hydrogen-bond donors (Lipinski definition) is 2. The molecule has 0 saturated carbocycles. The summed E-state index contributed by atoms with van der Waals surface area (Å²) in [6, 6.07) is 11.2. The molecule has 152 valence electrons. The van der Waals surface area contributed by atoms with E-state index in [2.05, 4.69) is 20.5 Å². The van der Waals surface area contributed by atoms with Gasteiger partial charge in [-0.05, 0) is 50.6 Å². The van der Waals surface area contributed by atoms with Crippen molar-refractivity contribution < 1.29 is 14.3 Å². The smallest absolute Gasteiger partial charge is 0.407 e. The van der Waals surface area contributed by atoms with Gasteiger partial charge < -0.3 is 14.8 Å². The average molecular weight is 415 g/mol. The second kappa shape index (κ2) is 8.96. The van der Waals surface area contributed by atoms with Crippen molar-refractivity contribution in [2.24, 2.45) is 0 Å². The molecule has 0 unspecified atom stereocenters. The van der Waals surface area contributed by atoms with Crippen molar-refractivity contribution >= 4 is 17.7 Å². The lowest BCUT2D eigenvalue weighted by molar-refractivity contribution is 0.0520. The van der Waals surface area contributed by atoms with Crippen molar-refractivity contribution in [3.8, 4) is 28.3 Å². The van der Waals surface area contributed by atoms with Crippen molar-refractivity contribution in [2.75, 3.05) is 13.2 Å². The first-order valence-electron chi connectivity index (χ1n) is 9.18. The molecule has 3 rings (SSSR count). The Labute approximate surface area is 174 Å². The predicted molar refractivity (Wildman–Crippen MR) is 112 cm³/mol. The number of benzene rings is 1. The standard InChI is InChI=1S/C21H23ClN4O3/c1-21(2,3)29-20(27)24-12-13-28-19-17(14-8-10-23-11-9-14)18(25-26-19)15-4-6-16(22)7-5-15/h4-11H,12-13H2,1-3H3,(H,24,27)(H,25,26). The van der Waals surface area contributed by atoms with Crippen molar-refractivity contribution in [3.05, 3.63) is 53.8 Å². The number of carbonyl (C=O) groups excluding carboxylic acids is 1. The zero-order chi connectivity index (χ0) is 20.9.